The van der Waals surface area contributed by atoms with Crippen molar-refractivity contribution in [1.82, 2.24) is 5.32 Å². The molecule has 3 nitrogen and oxygen atoms in total. The molecule has 0 aliphatic heterocycles. The summed E-state index contributed by atoms with van der Waals surface area (Å²) in [4.78, 5) is 0. The lowest BCUT2D eigenvalue weighted by molar-refractivity contribution is 0.528. The van der Waals surface area contributed by atoms with Gasteiger partial charge in [0.15, 0.2) is 0 Å². The van der Waals surface area contributed by atoms with Gasteiger partial charge in [-0.25, -0.2) is 0 Å². The first-order valence-corrected chi connectivity index (χ1v) is 8.85. The van der Waals surface area contributed by atoms with Crippen molar-refractivity contribution in [1.29, 1.82) is 0 Å². The van der Waals surface area contributed by atoms with Crippen molar-refractivity contribution < 1.29 is 0 Å². The molecular formula is C20H37N3. The summed E-state index contributed by atoms with van der Waals surface area (Å²) in [5.74, 6) is 0. The molecular weight excluding hydrogens is 282 g/mol. The van der Waals surface area contributed by atoms with Gasteiger partial charge in [0.05, 0.1) is 0 Å². The average Bonchev–Trinajstić information content (AvgIpc) is 2.43. The molecule has 0 saturated heterocycles. The summed E-state index contributed by atoms with van der Waals surface area (Å²) in [5.41, 5.74) is 16.1. The Labute approximate surface area is 143 Å². The third kappa shape index (κ3) is 7.03. The molecule has 1 unspecified atom stereocenters. The first kappa shape index (κ1) is 20.1. The Kier molecular flexibility index (Phi) is 7.25. The van der Waals surface area contributed by atoms with E-state index in [0.29, 0.717) is 0 Å². The summed E-state index contributed by atoms with van der Waals surface area (Å²) in [6.45, 7) is 16.1. The van der Waals surface area contributed by atoms with Gasteiger partial charge >= 0.3 is 0 Å². The summed E-state index contributed by atoms with van der Waals surface area (Å²) >= 11 is 0. The smallest absolute Gasteiger partial charge is 0.0206 e. The Balaban J connectivity index is 2.81. The Morgan fingerprint density at radius 1 is 0.957 bits per heavy atom. The zero-order chi connectivity index (χ0) is 17.7. The van der Waals surface area contributed by atoms with E-state index in [2.05, 4.69) is 65.1 Å². The van der Waals surface area contributed by atoms with E-state index in [1.165, 1.54) is 16.7 Å². The summed E-state index contributed by atoms with van der Waals surface area (Å²) in [6, 6.07) is 7.20. The largest absolute Gasteiger partial charge is 0.330 e. The molecule has 0 saturated carbocycles. The molecule has 0 aliphatic carbocycles. The number of hydrogen-bond donors (Lipinski definition) is 3. The summed E-state index contributed by atoms with van der Waals surface area (Å²) < 4.78 is 0. The normalized spacial score (nSPS) is 14.1. The zero-order valence-corrected chi connectivity index (χ0v) is 16.0. The molecule has 1 atom stereocenters. The Bertz CT molecular complexity index is 448. The van der Waals surface area contributed by atoms with E-state index >= 15 is 0 Å². The van der Waals surface area contributed by atoms with Gasteiger partial charge in [0, 0.05) is 19.1 Å². The highest BCUT2D eigenvalue weighted by atomic mass is 14.9. The molecule has 0 heterocycles. The second-order valence-electron chi connectivity index (χ2n) is 8.74. The molecule has 3 heteroatoms. The standard InChI is InChI=1S/C20H37N3/c1-19(2,3)16-10-15(11-17(12-16)20(4,5)6)13-23-14-18(22)8-7-9-21/h10-12,18,23H,7-9,13-14,21-22H2,1-6H3. The third-order valence-electron chi connectivity index (χ3n) is 4.24. The highest BCUT2D eigenvalue weighted by molar-refractivity contribution is 5.37. The van der Waals surface area contributed by atoms with Gasteiger partial charge in [-0.2, -0.15) is 0 Å². The maximum Gasteiger partial charge on any atom is 0.0206 e. The van der Waals surface area contributed by atoms with Crippen LogP contribution in [0.15, 0.2) is 18.2 Å². The van der Waals surface area contributed by atoms with Gasteiger partial charge < -0.3 is 16.8 Å². The van der Waals surface area contributed by atoms with Gasteiger partial charge in [0.2, 0.25) is 0 Å². The van der Waals surface area contributed by atoms with Crippen molar-refractivity contribution in [2.75, 3.05) is 13.1 Å². The topological polar surface area (TPSA) is 64.1 Å². The van der Waals surface area contributed by atoms with Crippen LogP contribution in [0.4, 0.5) is 0 Å². The number of benzene rings is 1. The molecule has 0 aromatic heterocycles. The second-order valence-corrected chi connectivity index (χ2v) is 8.74. The van der Waals surface area contributed by atoms with Gasteiger partial charge in [0.25, 0.3) is 0 Å². The van der Waals surface area contributed by atoms with E-state index < -0.39 is 0 Å². The molecule has 5 N–H and O–H groups in total. The first-order valence-electron chi connectivity index (χ1n) is 8.85. The first-order chi connectivity index (χ1) is 10.5. The number of hydrogen-bond acceptors (Lipinski definition) is 3. The van der Waals surface area contributed by atoms with Crippen LogP contribution in [0.25, 0.3) is 0 Å². The number of nitrogens with one attached hydrogen (secondary N) is 1. The van der Waals surface area contributed by atoms with Crippen LogP contribution in [0, 0.1) is 0 Å². The van der Waals surface area contributed by atoms with Crippen LogP contribution in [-0.2, 0) is 17.4 Å². The Morgan fingerprint density at radius 3 is 1.91 bits per heavy atom. The van der Waals surface area contributed by atoms with Crippen molar-refractivity contribution in [2.24, 2.45) is 11.5 Å². The maximum absolute atomic E-state index is 6.10. The zero-order valence-electron chi connectivity index (χ0n) is 16.0. The Hall–Kier alpha value is -0.900. The van der Waals surface area contributed by atoms with E-state index in [9.17, 15) is 0 Å². The van der Waals surface area contributed by atoms with Gasteiger partial charge in [0.1, 0.15) is 0 Å². The number of nitrogens with two attached hydrogens (primary N) is 2. The van der Waals surface area contributed by atoms with Crippen molar-refractivity contribution in [3.8, 4) is 0 Å². The molecule has 23 heavy (non-hydrogen) atoms. The van der Waals surface area contributed by atoms with Crippen LogP contribution in [0.3, 0.4) is 0 Å². The van der Waals surface area contributed by atoms with Crippen LogP contribution in [0.2, 0.25) is 0 Å². The molecule has 1 rings (SSSR count). The van der Waals surface area contributed by atoms with Crippen LogP contribution < -0.4 is 16.8 Å². The summed E-state index contributed by atoms with van der Waals surface area (Å²) in [6.07, 6.45) is 1.98. The van der Waals surface area contributed by atoms with Crippen molar-refractivity contribution >= 4 is 0 Å². The fourth-order valence-electron chi connectivity index (χ4n) is 2.54. The van der Waals surface area contributed by atoms with Gasteiger partial charge in [-0.1, -0.05) is 59.7 Å². The van der Waals surface area contributed by atoms with Gasteiger partial charge in [-0.05, 0) is 46.9 Å². The molecule has 1 aromatic rings. The highest BCUT2D eigenvalue weighted by Gasteiger charge is 2.20. The van der Waals surface area contributed by atoms with E-state index in [0.717, 1.165) is 32.5 Å². The summed E-state index contributed by atoms with van der Waals surface area (Å²) in [5, 5.41) is 3.50. The fourth-order valence-corrected chi connectivity index (χ4v) is 2.54. The van der Waals surface area contributed by atoms with Crippen molar-refractivity contribution in [3.05, 3.63) is 34.9 Å². The van der Waals surface area contributed by atoms with E-state index in [1.807, 2.05) is 0 Å². The van der Waals surface area contributed by atoms with E-state index in [4.69, 9.17) is 11.5 Å². The van der Waals surface area contributed by atoms with Crippen LogP contribution in [0.5, 0.6) is 0 Å². The number of rotatable bonds is 7. The third-order valence-corrected chi connectivity index (χ3v) is 4.24. The minimum absolute atomic E-state index is 0.160. The predicted molar refractivity (Wildman–Crippen MR) is 102 cm³/mol. The second kappa shape index (κ2) is 8.27. The highest BCUT2D eigenvalue weighted by Crippen LogP contribution is 2.30. The van der Waals surface area contributed by atoms with Gasteiger partial charge in [-0.15, -0.1) is 0 Å². The SMILES string of the molecule is CC(C)(C)c1cc(CNCC(N)CCCN)cc(C(C)(C)C)c1. The van der Waals surface area contributed by atoms with Crippen LogP contribution in [-0.4, -0.2) is 19.1 Å². The molecule has 0 aliphatic rings. The molecule has 0 radical (unpaired) electrons. The molecule has 1 aromatic carbocycles. The molecule has 0 fully saturated rings. The lowest BCUT2D eigenvalue weighted by Gasteiger charge is -2.26. The lowest BCUT2D eigenvalue weighted by Crippen LogP contribution is -2.34. The van der Waals surface area contributed by atoms with Crippen molar-refractivity contribution in [2.45, 2.75) is 77.8 Å². The van der Waals surface area contributed by atoms with Crippen molar-refractivity contribution in [3.63, 3.8) is 0 Å². The fraction of sp³-hybridized carbons (Fsp3) is 0.700. The molecule has 0 bridgehead atoms. The predicted octanol–water partition coefficient (Wildman–Crippen LogP) is 3.44. The van der Waals surface area contributed by atoms with Crippen LogP contribution >= 0.6 is 0 Å². The summed E-state index contributed by atoms with van der Waals surface area (Å²) in [7, 11) is 0. The lowest BCUT2D eigenvalue weighted by atomic mass is 9.79. The maximum atomic E-state index is 6.10. The van der Waals surface area contributed by atoms with Gasteiger partial charge in [-0.3, -0.25) is 0 Å². The average molecular weight is 320 g/mol. The quantitative estimate of drug-likeness (QED) is 0.721. The minimum atomic E-state index is 0.160. The molecule has 0 amide bonds. The molecule has 132 valence electrons. The van der Waals surface area contributed by atoms with E-state index in [-0.39, 0.29) is 16.9 Å². The molecule has 0 spiro atoms. The van der Waals surface area contributed by atoms with Crippen LogP contribution in [0.1, 0.15) is 71.1 Å². The monoisotopic (exact) mass is 319 g/mol. The Morgan fingerprint density at radius 2 is 1.48 bits per heavy atom. The minimum Gasteiger partial charge on any atom is -0.330 e. The van der Waals surface area contributed by atoms with E-state index in [1.54, 1.807) is 0 Å².